The van der Waals surface area contributed by atoms with E-state index in [0.717, 1.165) is 15.6 Å². The van der Waals surface area contributed by atoms with Gasteiger partial charge in [-0.2, -0.15) is 0 Å². The van der Waals surface area contributed by atoms with Crippen LogP contribution in [0.4, 0.5) is 4.39 Å². The Hall–Kier alpha value is -1.23. The van der Waals surface area contributed by atoms with E-state index < -0.39 is 0 Å². The second kappa shape index (κ2) is 5.40. The highest BCUT2D eigenvalue weighted by Gasteiger charge is 2.12. The molecule has 0 heterocycles. The van der Waals surface area contributed by atoms with Crippen molar-refractivity contribution >= 4 is 15.9 Å². The first-order chi connectivity index (χ1) is 8.20. The Morgan fingerprint density at radius 2 is 1.76 bits per heavy atom. The summed E-state index contributed by atoms with van der Waals surface area (Å²) in [6.07, 6.45) is 0. The molecular weight excluding hydrogens is 283 g/mol. The normalized spacial score (nSPS) is 12.4. The molecule has 0 radical (unpaired) electrons. The predicted molar refractivity (Wildman–Crippen MR) is 69.7 cm³/mol. The van der Waals surface area contributed by atoms with Gasteiger partial charge in [-0.1, -0.05) is 40.2 Å². The average Bonchev–Trinajstić information content (AvgIpc) is 2.33. The lowest BCUT2D eigenvalue weighted by Crippen LogP contribution is -2.28. The molecular formula is C13H12BrFN2. The quantitative estimate of drug-likeness (QED) is 0.674. The molecule has 0 aliphatic rings. The van der Waals surface area contributed by atoms with Gasteiger partial charge in [-0.15, -0.1) is 0 Å². The van der Waals surface area contributed by atoms with E-state index in [0.29, 0.717) is 0 Å². The monoisotopic (exact) mass is 294 g/mol. The van der Waals surface area contributed by atoms with Crippen LogP contribution in [0.1, 0.15) is 17.2 Å². The standard InChI is InChI=1S/C13H12BrFN2/c14-11-3-1-2-10(8-11)13(17-16)9-4-6-12(15)7-5-9/h1-8,13,17H,16H2. The molecule has 0 fully saturated rings. The number of nitrogens with two attached hydrogens (primary N) is 1. The van der Waals surface area contributed by atoms with E-state index in [1.54, 1.807) is 12.1 Å². The maximum atomic E-state index is 12.9. The molecule has 1 atom stereocenters. The molecule has 0 aliphatic carbocycles. The fourth-order valence-corrected chi connectivity index (χ4v) is 2.14. The number of hydrazine groups is 1. The average molecular weight is 295 g/mol. The van der Waals surface area contributed by atoms with Gasteiger partial charge in [0.2, 0.25) is 0 Å². The van der Waals surface area contributed by atoms with Crippen molar-refractivity contribution < 1.29 is 4.39 Å². The summed E-state index contributed by atoms with van der Waals surface area (Å²) in [5, 5.41) is 0. The van der Waals surface area contributed by atoms with Crippen LogP contribution >= 0.6 is 15.9 Å². The van der Waals surface area contributed by atoms with Gasteiger partial charge < -0.3 is 0 Å². The third-order valence-electron chi connectivity index (χ3n) is 2.55. The highest BCUT2D eigenvalue weighted by atomic mass is 79.9. The number of nitrogens with one attached hydrogen (secondary N) is 1. The summed E-state index contributed by atoms with van der Waals surface area (Å²) < 4.78 is 13.8. The van der Waals surface area contributed by atoms with Gasteiger partial charge in [0.15, 0.2) is 0 Å². The highest BCUT2D eigenvalue weighted by molar-refractivity contribution is 9.10. The third-order valence-corrected chi connectivity index (χ3v) is 3.05. The third kappa shape index (κ3) is 2.91. The van der Waals surface area contributed by atoms with Gasteiger partial charge in [-0.05, 0) is 35.4 Å². The number of hydrogen-bond acceptors (Lipinski definition) is 2. The van der Waals surface area contributed by atoms with Crippen LogP contribution in [-0.4, -0.2) is 0 Å². The van der Waals surface area contributed by atoms with Gasteiger partial charge in [-0.3, -0.25) is 5.84 Å². The van der Waals surface area contributed by atoms with Crippen molar-refractivity contribution in [2.45, 2.75) is 6.04 Å². The van der Waals surface area contributed by atoms with Crippen LogP contribution in [0.15, 0.2) is 53.0 Å². The Kier molecular flexibility index (Phi) is 3.89. The molecule has 88 valence electrons. The Morgan fingerprint density at radius 3 is 2.35 bits per heavy atom. The minimum absolute atomic E-state index is 0.145. The van der Waals surface area contributed by atoms with Crippen molar-refractivity contribution in [2.24, 2.45) is 5.84 Å². The van der Waals surface area contributed by atoms with Crippen LogP contribution in [0, 0.1) is 5.82 Å². The van der Waals surface area contributed by atoms with E-state index >= 15 is 0 Å². The van der Waals surface area contributed by atoms with Crippen molar-refractivity contribution in [3.8, 4) is 0 Å². The van der Waals surface area contributed by atoms with Crippen LogP contribution in [0.2, 0.25) is 0 Å². The Labute approximate surface area is 108 Å². The zero-order valence-corrected chi connectivity index (χ0v) is 10.6. The Morgan fingerprint density at radius 1 is 1.06 bits per heavy atom. The minimum Gasteiger partial charge on any atom is -0.271 e. The molecule has 2 nitrogen and oxygen atoms in total. The lowest BCUT2D eigenvalue weighted by atomic mass is 9.99. The van der Waals surface area contributed by atoms with Crippen LogP contribution in [-0.2, 0) is 0 Å². The van der Waals surface area contributed by atoms with Gasteiger partial charge in [0, 0.05) is 4.47 Å². The minimum atomic E-state index is -0.251. The lowest BCUT2D eigenvalue weighted by molar-refractivity contribution is 0.615. The number of rotatable bonds is 3. The predicted octanol–water partition coefficient (Wildman–Crippen LogP) is 3.14. The molecule has 0 amide bonds. The summed E-state index contributed by atoms with van der Waals surface area (Å²) in [5.41, 5.74) is 4.68. The topological polar surface area (TPSA) is 38.0 Å². The van der Waals surface area contributed by atoms with Gasteiger partial charge in [0.25, 0.3) is 0 Å². The maximum Gasteiger partial charge on any atom is 0.123 e. The molecule has 4 heteroatoms. The second-order valence-electron chi connectivity index (χ2n) is 3.71. The molecule has 0 saturated carbocycles. The molecule has 0 aromatic heterocycles. The molecule has 3 N–H and O–H groups in total. The fourth-order valence-electron chi connectivity index (χ4n) is 1.73. The number of benzene rings is 2. The van der Waals surface area contributed by atoms with Crippen LogP contribution in [0.25, 0.3) is 0 Å². The Balaban J connectivity index is 2.36. The summed E-state index contributed by atoms with van der Waals surface area (Å²) in [4.78, 5) is 0. The van der Waals surface area contributed by atoms with Crippen LogP contribution in [0.5, 0.6) is 0 Å². The summed E-state index contributed by atoms with van der Waals surface area (Å²) in [7, 11) is 0. The van der Waals surface area contributed by atoms with Crippen molar-refractivity contribution in [1.82, 2.24) is 5.43 Å². The van der Waals surface area contributed by atoms with Crippen LogP contribution < -0.4 is 11.3 Å². The molecule has 2 aromatic rings. The van der Waals surface area contributed by atoms with Crippen LogP contribution in [0.3, 0.4) is 0 Å². The zero-order chi connectivity index (χ0) is 12.3. The van der Waals surface area contributed by atoms with Crippen molar-refractivity contribution in [1.29, 1.82) is 0 Å². The summed E-state index contributed by atoms with van der Waals surface area (Å²) in [6.45, 7) is 0. The molecule has 0 spiro atoms. The van der Waals surface area contributed by atoms with Gasteiger partial charge >= 0.3 is 0 Å². The molecule has 0 aliphatic heterocycles. The molecule has 2 rings (SSSR count). The highest BCUT2D eigenvalue weighted by Crippen LogP contribution is 2.23. The van der Waals surface area contributed by atoms with Crippen molar-refractivity contribution in [3.05, 3.63) is 69.9 Å². The largest absolute Gasteiger partial charge is 0.271 e. The molecule has 17 heavy (non-hydrogen) atoms. The Bertz CT molecular complexity index is 499. The molecule has 0 saturated heterocycles. The maximum absolute atomic E-state index is 12.9. The summed E-state index contributed by atoms with van der Waals surface area (Å²) in [6, 6.07) is 14.0. The van der Waals surface area contributed by atoms with E-state index in [9.17, 15) is 4.39 Å². The van der Waals surface area contributed by atoms with E-state index in [2.05, 4.69) is 21.4 Å². The van der Waals surface area contributed by atoms with Crippen molar-refractivity contribution in [2.75, 3.05) is 0 Å². The summed E-state index contributed by atoms with van der Waals surface area (Å²) in [5.74, 6) is 5.31. The number of hydrogen-bond donors (Lipinski definition) is 2. The van der Waals surface area contributed by atoms with E-state index in [1.165, 1.54) is 12.1 Å². The van der Waals surface area contributed by atoms with E-state index in [-0.39, 0.29) is 11.9 Å². The van der Waals surface area contributed by atoms with Gasteiger partial charge in [-0.25, -0.2) is 9.82 Å². The first-order valence-electron chi connectivity index (χ1n) is 5.18. The van der Waals surface area contributed by atoms with Crippen molar-refractivity contribution in [3.63, 3.8) is 0 Å². The van der Waals surface area contributed by atoms with E-state index in [4.69, 9.17) is 5.84 Å². The summed E-state index contributed by atoms with van der Waals surface area (Å²) >= 11 is 3.42. The molecule has 1 unspecified atom stereocenters. The first-order valence-corrected chi connectivity index (χ1v) is 5.97. The first kappa shape index (κ1) is 12.2. The smallest absolute Gasteiger partial charge is 0.123 e. The second-order valence-corrected chi connectivity index (χ2v) is 4.62. The lowest BCUT2D eigenvalue weighted by Gasteiger charge is -2.17. The van der Waals surface area contributed by atoms with Gasteiger partial charge in [0.05, 0.1) is 6.04 Å². The zero-order valence-electron chi connectivity index (χ0n) is 9.03. The molecule has 2 aromatic carbocycles. The molecule has 0 bridgehead atoms. The number of halogens is 2. The SMILES string of the molecule is NNC(c1ccc(F)cc1)c1cccc(Br)c1. The van der Waals surface area contributed by atoms with E-state index in [1.807, 2.05) is 24.3 Å². The van der Waals surface area contributed by atoms with Gasteiger partial charge in [0.1, 0.15) is 5.82 Å². The fraction of sp³-hybridized carbons (Fsp3) is 0.0769.